The molecule has 0 fully saturated rings. The quantitative estimate of drug-likeness (QED) is 0.363. The number of nitrogens with one attached hydrogen (secondary N) is 1. The number of sulfone groups is 1. The Morgan fingerprint density at radius 3 is 2.75 bits per heavy atom. The van der Waals surface area contributed by atoms with Crippen molar-refractivity contribution >= 4 is 43.2 Å². The molecule has 4 aromatic rings. The van der Waals surface area contributed by atoms with E-state index in [2.05, 4.69) is 10.3 Å². The number of aromatic nitrogens is 1. The second-order valence-electron chi connectivity index (χ2n) is 7.04. The average Bonchev–Trinajstić information content (AvgIpc) is 3.42. The molecule has 7 nitrogen and oxygen atoms in total. The lowest BCUT2D eigenvalue weighted by molar-refractivity contribution is -0.116. The van der Waals surface area contributed by atoms with Gasteiger partial charge in [0.25, 0.3) is 0 Å². The highest BCUT2D eigenvalue weighted by Gasteiger charge is 2.16. The van der Waals surface area contributed by atoms with Gasteiger partial charge < -0.3 is 14.5 Å². The van der Waals surface area contributed by atoms with Crippen molar-refractivity contribution in [1.82, 2.24) is 4.98 Å². The molecule has 0 unspecified atom stereocenters. The largest absolute Gasteiger partial charge is 0.490 e. The molecule has 0 bridgehead atoms. The van der Waals surface area contributed by atoms with Crippen LogP contribution in [-0.2, 0) is 14.6 Å². The maximum absolute atomic E-state index is 12.3. The predicted molar refractivity (Wildman–Crippen MR) is 125 cm³/mol. The van der Waals surface area contributed by atoms with Gasteiger partial charge in [-0.25, -0.2) is 13.4 Å². The molecule has 4 rings (SSSR count). The summed E-state index contributed by atoms with van der Waals surface area (Å²) in [6.45, 7) is 2.45. The summed E-state index contributed by atoms with van der Waals surface area (Å²) in [5.74, 6) is 0.884. The molecule has 0 radical (unpaired) electrons. The Morgan fingerprint density at radius 2 is 1.97 bits per heavy atom. The summed E-state index contributed by atoms with van der Waals surface area (Å²) < 4.78 is 36.2. The Morgan fingerprint density at radius 1 is 1.16 bits per heavy atom. The second kappa shape index (κ2) is 9.54. The van der Waals surface area contributed by atoms with Gasteiger partial charge in [-0.2, -0.15) is 0 Å². The van der Waals surface area contributed by atoms with E-state index in [9.17, 15) is 13.2 Å². The molecule has 0 aliphatic heterocycles. The van der Waals surface area contributed by atoms with Crippen LogP contribution in [0.25, 0.3) is 22.4 Å². The number of furan rings is 1. The van der Waals surface area contributed by atoms with E-state index in [1.54, 1.807) is 35.7 Å². The summed E-state index contributed by atoms with van der Waals surface area (Å²) in [7, 11) is -3.40. The molecule has 0 atom stereocenters. The van der Waals surface area contributed by atoms with Crippen LogP contribution >= 0.6 is 11.3 Å². The van der Waals surface area contributed by atoms with Gasteiger partial charge in [-0.15, -0.1) is 11.3 Å². The van der Waals surface area contributed by atoms with Crippen molar-refractivity contribution in [3.63, 3.8) is 0 Å². The van der Waals surface area contributed by atoms with Gasteiger partial charge in [0.15, 0.2) is 32.1 Å². The maximum atomic E-state index is 12.3. The van der Waals surface area contributed by atoms with Crippen LogP contribution in [-0.4, -0.2) is 31.7 Å². The van der Waals surface area contributed by atoms with Crippen LogP contribution in [0.4, 0.5) is 5.13 Å². The van der Waals surface area contributed by atoms with E-state index in [4.69, 9.17) is 9.15 Å². The average molecular weight is 471 g/mol. The fourth-order valence-corrected chi connectivity index (χ4v) is 5.27. The molecule has 1 N–H and O–H groups in total. The molecule has 0 spiro atoms. The number of fused-ring (bicyclic) bond motifs is 1. The minimum absolute atomic E-state index is 0.0866. The first-order valence-corrected chi connectivity index (χ1v) is 12.7. The summed E-state index contributed by atoms with van der Waals surface area (Å²) >= 11 is 1.28. The van der Waals surface area contributed by atoms with Crippen molar-refractivity contribution in [1.29, 1.82) is 0 Å². The number of carbonyl (C=O) groups excluding carboxylic acids is 1. The van der Waals surface area contributed by atoms with E-state index in [-0.39, 0.29) is 29.4 Å². The molecule has 32 heavy (non-hydrogen) atoms. The first kappa shape index (κ1) is 22.0. The van der Waals surface area contributed by atoms with E-state index in [1.165, 1.54) is 11.3 Å². The van der Waals surface area contributed by atoms with Crippen LogP contribution in [0.5, 0.6) is 5.75 Å². The molecule has 1 amide bonds. The maximum Gasteiger partial charge on any atom is 0.226 e. The van der Waals surface area contributed by atoms with Crippen molar-refractivity contribution in [3.05, 3.63) is 60.0 Å². The highest BCUT2D eigenvalue weighted by atomic mass is 32.2. The molecule has 9 heteroatoms. The minimum atomic E-state index is -3.40. The van der Waals surface area contributed by atoms with Crippen LogP contribution in [0.1, 0.15) is 19.8 Å². The van der Waals surface area contributed by atoms with Crippen LogP contribution in [0.15, 0.2) is 69.3 Å². The third-order valence-electron chi connectivity index (χ3n) is 4.73. The minimum Gasteiger partial charge on any atom is -0.490 e. The number of thiazole rings is 1. The number of ether oxygens (including phenoxy) is 1. The zero-order valence-corrected chi connectivity index (χ0v) is 19.0. The SMILES string of the molecule is CCOc1cccc2cc(-c3csc(NC(=O)CCCS(=O)(=O)c4ccccc4)n3)oc12. The van der Waals surface area contributed by atoms with Crippen LogP contribution in [0.3, 0.4) is 0 Å². The lowest BCUT2D eigenvalue weighted by Gasteiger charge is -2.04. The zero-order chi connectivity index (χ0) is 22.6. The van der Waals surface area contributed by atoms with E-state index in [1.807, 2.05) is 31.2 Å². The highest BCUT2D eigenvalue weighted by Crippen LogP contribution is 2.34. The van der Waals surface area contributed by atoms with Crippen molar-refractivity contribution in [2.45, 2.75) is 24.7 Å². The number of carbonyl (C=O) groups is 1. The summed E-state index contributed by atoms with van der Waals surface area (Å²) in [6.07, 6.45) is 0.314. The predicted octanol–water partition coefficient (Wildman–Crippen LogP) is 5.15. The van der Waals surface area contributed by atoms with Crippen molar-refractivity contribution < 1.29 is 22.4 Å². The number of para-hydroxylation sites is 1. The molecule has 2 heterocycles. The van der Waals surface area contributed by atoms with Crippen molar-refractivity contribution in [3.8, 4) is 17.2 Å². The Hall–Kier alpha value is -3.17. The highest BCUT2D eigenvalue weighted by molar-refractivity contribution is 7.91. The third-order valence-corrected chi connectivity index (χ3v) is 7.30. The van der Waals surface area contributed by atoms with Crippen LogP contribution < -0.4 is 10.1 Å². The van der Waals surface area contributed by atoms with Gasteiger partial charge in [-0.1, -0.05) is 30.3 Å². The molecule has 166 valence electrons. The van der Waals surface area contributed by atoms with Crippen molar-refractivity contribution in [2.75, 3.05) is 17.7 Å². The topological polar surface area (TPSA) is 98.5 Å². The molecule has 0 saturated heterocycles. The summed E-state index contributed by atoms with van der Waals surface area (Å²) in [4.78, 5) is 17.0. The molecule has 0 aliphatic carbocycles. The molecule has 0 aliphatic rings. The Labute approximate surface area is 190 Å². The monoisotopic (exact) mass is 470 g/mol. The number of nitrogens with zero attached hydrogens (tertiary/aromatic N) is 1. The molecule has 0 saturated carbocycles. The van der Waals surface area contributed by atoms with E-state index in [0.29, 0.717) is 34.5 Å². The number of hydrogen-bond donors (Lipinski definition) is 1. The Bertz CT molecular complexity index is 1330. The number of hydrogen-bond acceptors (Lipinski definition) is 7. The van der Waals surface area contributed by atoms with Crippen LogP contribution in [0.2, 0.25) is 0 Å². The third kappa shape index (κ3) is 5.00. The number of amides is 1. The smallest absolute Gasteiger partial charge is 0.226 e. The first-order valence-electron chi connectivity index (χ1n) is 10.1. The van der Waals surface area contributed by atoms with Gasteiger partial charge in [-0.3, -0.25) is 4.79 Å². The summed E-state index contributed by atoms with van der Waals surface area (Å²) in [6, 6.07) is 15.8. The Balaban J connectivity index is 1.36. The van der Waals surface area contributed by atoms with Gasteiger partial charge in [0.05, 0.1) is 17.3 Å². The fourth-order valence-electron chi connectivity index (χ4n) is 3.23. The molecule has 2 aromatic heterocycles. The number of benzene rings is 2. The normalized spacial score (nSPS) is 11.5. The first-order chi connectivity index (χ1) is 15.5. The fraction of sp³-hybridized carbons (Fsp3) is 0.217. The van der Waals surface area contributed by atoms with Gasteiger partial charge in [0.2, 0.25) is 5.91 Å². The molecule has 2 aromatic carbocycles. The summed E-state index contributed by atoms with van der Waals surface area (Å²) in [5.41, 5.74) is 1.26. The Kier molecular flexibility index (Phi) is 6.57. The molecular weight excluding hydrogens is 448 g/mol. The van der Waals surface area contributed by atoms with Gasteiger partial charge >= 0.3 is 0 Å². The zero-order valence-electron chi connectivity index (χ0n) is 17.4. The van der Waals surface area contributed by atoms with Gasteiger partial charge in [-0.05, 0) is 37.6 Å². The van der Waals surface area contributed by atoms with Gasteiger partial charge in [0, 0.05) is 17.2 Å². The van der Waals surface area contributed by atoms with E-state index < -0.39 is 9.84 Å². The molecular formula is C23H22N2O5S2. The standard InChI is InChI=1S/C23H22N2O5S2/c1-2-29-19-11-6-8-16-14-20(30-22(16)19)18-15-31-23(24-18)25-21(26)12-7-13-32(27,28)17-9-4-3-5-10-17/h3-6,8-11,14-15H,2,7,12-13H2,1H3,(H,24,25,26). The number of rotatable bonds is 9. The second-order valence-corrected chi connectivity index (χ2v) is 10.0. The summed E-state index contributed by atoms with van der Waals surface area (Å²) in [5, 5.41) is 5.87. The lowest BCUT2D eigenvalue weighted by Crippen LogP contribution is -2.14. The van der Waals surface area contributed by atoms with Gasteiger partial charge in [0.1, 0.15) is 5.69 Å². The van der Waals surface area contributed by atoms with E-state index >= 15 is 0 Å². The number of anilines is 1. The van der Waals surface area contributed by atoms with E-state index in [0.717, 1.165) is 5.39 Å². The van der Waals surface area contributed by atoms with Crippen LogP contribution in [0, 0.1) is 0 Å². The van der Waals surface area contributed by atoms with Crippen molar-refractivity contribution in [2.24, 2.45) is 0 Å². The lowest BCUT2D eigenvalue weighted by atomic mass is 10.2.